The molecule has 0 saturated carbocycles. The molecule has 0 aliphatic rings. The molecule has 36 heavy (non-hydrogen) atoms. The molecular weight excluding hydrogens is 492 g/mol. The van der Waals surface area contributed by atoms with Crippen molar-refractivity contribution in [1.29, 1.82) is 0 Å². The number of rotatable bonds is 7. The van der Waals surface area contributed by atoms with Gasteiger partial charge < -0.3 is 4.74 Å². The summed E-state index contributed by atoms with van der Waals surface area (Å²) in [5.74, 6) is -2.56. The van der Waals surface area contributed by atoms with Crippen molar-refractivity contribution in [3.05, 3.63) is 46.3 Å². The monoisotopic (exact) mass is 521 g/mol. The fourth-order valence-electron chi connectivity index (χ4n) is 4.06. The van der Waals surface area contributed by atoms with Crippen LogP contribution in [0.2, 0.25) is 0 Å². The van der Waals surface area contributed by atoms with Crippen molar-refractivity contribution in [2.45, 2.75) is 65.9 Å². The number of H-pyrrole nitrogens is 1. The Morgan fingerprint density at radius 2 is 1.58 bits per heavy atom. The third-order valence-corrected chi connectivity index (χ3v) is 5.72. The molecule has 0 atom stereocenters. The van der Waals surface area contributed by atoms with Gasteiger partial charge in [0.15, 0.2) is 0 Å². The standard InChI is InChI=1S/C24H29F6N3O3/c1-12(2)10-16-11-17(8-9-18(16)22(36-7,23(25,26)27)24(28,29)30)33(20(34)13(3)4)21(35)19-14(5)31-32-15(19)6/h8-9,11-13H,10H2,1-7H3,(H,31,32). The van der Waals surface area contributed by atoms with Crippen LogP contribution in [-0.2, 0) is 21.6 Å². The number of benzene rings is 1. The zero-order valence-corrected chi connectivity index (χ0v) is 21.0. The fourth-order valence-corrected chi connectivity index (χ4v) is 4.06. The molecule has 2 rings (SSSR count). The van der Waals surface area contributed by atoms with Gasteiger partial charge in [0, 0.05) is 24.3 Å². The van der Waals surface area contributed by atoms with Gasteiger partial charge in [-0.3, -0.25) is 14.7 Å². The number of nitrogens with zero attached hydrogens (tertiary/aromatic N) is 2. The summed E-state index contributed by atoms with van der Waals surface area (Å²) in [6, 6.07) is 2.54. The van der Waals surface area contributed by atoms with Crippen molar-refractivity contribution in [3.63, 3.8) is 0 Å². The number of aromatic amines is 1. The third kappa shape index (κ3) is 5.14. The van der Waals surface area contributed by atoms with Gasteiger partial charge in [-0.05, 0) is 43.9 Å². The highest BCUT2D eigenvalue weighted by Crippen LogP contribution is 2.54. The van der Waals surface area contributed by atoms with Crippen molar-refractivity contribution >= 4 is 17.5 Å². The van der Waals surface area contributed by atoms with E-state index in [1.807, 2.05) is 0 Å². The molecular formula is C24H29F6N3O3. The normalized spacial score (nSPS) is 13.0. The van der Waals surface area contributed by atoms with Crippen molar-refractivity contribution < 1.29 is 40.7 Å². The predicted octanol–water partition coefficient (Wildman–Crippen LogP) is 6.02. The first-order valence-corrected chi connectivity index (χ1v) is 11.1. The summed E-state index contributed by atoms with van der Waals surface area (Å²) < 4.78 is 88.2. The Morgan fingerprint density at radius 1 is 1.03 bits per heavy atom. The maximum atomic E-state index is 14.0. The van der Waals surface area contributed by atoms with E-state index in [-0.39, 0.29) is 34.8 Å². The average Bonchev–Trinajstić information content (AvgIpc) is 3.05. The van der Waals surface area contributed by atoms with Crippen LogP contribution in [0.5, 0.6) is 0 Å². The van der Waals surface area contributed by atoms with E-state index in [4.69, 9.17) is 0 Å². The van der Waals surface area contributed by atoms with Crippen LogP contribution in [-0.4, -0.2) is 41.5 Å². The molecule has 1 N–H and O–H groups in total. The average molecular weight is 522 g/mol. The van der Waals surface area contributed by atoms with Crippen LogP contribution in [0, 0.1) is 25.7 Å². The van der Waals surface area contributed by atoms with Gasteiger partial charge in [0.25, 0.3) is 11.5 Å². The first-order valence-electron chi connectivity index (χ1n) is 11.1. The Kier molecular flexibility index (Phi) is 8.34. The molecule has 0 unspecified atom stereocenters. The molecule has 0 fully saturated rings. The summed E-state index contributed by atoms with van der Waals surface area (Å²) in [5.41, 5.74) is -5.55. The molecule has 2 aromatic rings. The van der Waals surface area contributed by atoms with E-state index >= 15 is 0 Å². The van der Waals surface area contributed by atoms with E-state index in [0.29, 0.717) is 18.9 Å². The van der Waals surface area contributed by atoms with Crippen LogP contribution < -0.4 is 4.90 Å². The molecule has 6 nitrogen and oxygen atoms in total. The lowest BCUT2D eigenvalue weighted by Gasteiger charge is -2.38. The first kappa shape index (κ1) is 29.3. The highest BCUT2D eigenvalue weighted by Gasteiger charge is 2.73. The van der Waals surface area contributed by atoms with Crippen LogP contribution in [0.3, 0.4) is 0 Å². The van der Waals surface area contributed by atoms with E-state index in [2.05, 4.69) is 14.9 Å². The van der Waals surface area contributed by atoms with Gasteiger partial charge in [-0.15, -0.1) is 0 Å². The van der Waals surface area contributed by atoms with Gasteiger partial charge in [0.1, 0.15) is 0 Å². The molecule has 1 aromatic heterocycles. The minimum Gasteiger partial charge on any atom is -0.357 e. The van der Waals surface area contributed by atoms with Crippen LogP contribution in [0.1, 0.15) is 60.6 Å². The van der Waals surface area contributed by atoms with Gasteiger partial charge in [0.05, 0.1) is 16.9 Å². The lowest BCUT2D eigenvalue weighted by molar-refractivity contribution is -0.383. The van der Waals surface area contributed by atoms with Crippen molar-refractivity contribution in [1.82, 2.24) is 10.2 Å². The Morgan fingerprint density at radius 3 is 1.97 bits per heavy atom. The Bertz CT molecular complexity index is 1090. The Labute approximate surface area is 205 Å². The molecule has 0 bridgehead atoms. The number of ether oxygens (including phenoxy) is 1. The molecule has 0 radical (unpaired) electrons. The number of halogens is 6. The summed E-state index contributed by atoms with van der Waals surface area (Å²) in [6.07, 6.45) is -11.9. The largest absolute Gasteiger partial charge is 0.430 e. The van der Waals surface area contributed by atoms with E-state index in [9.17, 15) is 35.9 Å². The molecule has 0 spiro atoms. The first-order chi connectivity index (χ1) is 16.4. The predicted molar refractivity (Wildman–Crippen MR) is 120 cm³/mol. The highest BCUT2D eigenvalue weighted by atomic mass is 19.4. The van der Waals surface area contributed by atoms with Crippen molar-refractivity contribution in [3.8, 4) is 0 Å². The molecule has 200 valence electrons. The number of hydrogen-bond acceptors (Lipinski definition) is 4. The van der Waals surface area contributed by atoms with E-state index in [1.165, 1.54) is 20.8 Å². The summed E-state index contributed by atoms with van der Waals surface area (Å²) in [7, 11) is 0.344. The summed E-state index contributed by atoms with van der Waals surface area (Å²) in [6.45, 7) is 9.35. The summed E-state index contributed by atoms with van der Waals surface area (Å²) >= 11 is 0. The minimum absolute atomic E-state index is 0.0790. The fraction of sp³-hybridized carbons (Fsp3) is 0.542. The Hall–Kier alpha value is -2.89. The van der Waals surface area contributed by atoms with Crippen LogP contribution in [0.4, 0.5) is 32.0 Å². The van der Waals surface area contributed by atoms with Crippen LogP contribution >= 0.6 is 0 Å². The topological polar surface area (TPSA) is 75.3 Å². The van der Waals surface area contributed by atoms with Gasteiger partial charge in [-0.2, -0.15) is 31.4 Å². The number of amides is 2. The second kappa shape index (κ2) is 10.2. The molecule has 0 saturated heterocycles. The SMILES string of the molecule is COC(c1ccc(N(C(=O)c2c(C)n[nH]c2C)C(=O)C(C)C)cc1CC(C)C)(C(F)(F)F)C(F)(F)F. The second-order valence-corrected chi connectivity index (χ2v) is 9.26. The highest BCUT2D eigenvalue weighted by molar-refractivity contribution is 6.22. The molecule has 2 amide bonds. The molecule has 0 aliphatic carbocycles. The summed E-state index contributed by atoms with van der Waals surface area (Å²) in [5, 5.41) is 6.56. The second-order valence-electron chi connectivity index (χ2n) is 9.26. The maximum absolute atomic E-state index is 14.0. The van der Waals surface area contributed by atoms with Crippen molar-refractivity contribution in [2.75, 3.05) is 12.0 Å². The zero-order chi connectivity index (χ0) is 27.8. The smallest absolute Gasteiger partial charge is 0.357 e. The van der Waals surface area contributed by atoms with E-state index in [0.717, 1.165) is 17.0 Å². The number of aryl methyl sites for hydroxylation is 2. The molecule has 1 aromatic carbocycles. The molecule has 12 heteroatoms. The number of carbonyl (C=O) groups is 2. The van der Waals surface area contributed by atoms with Gasteiger partial charge in [-0.25, -0.2) is 4.90 Å². The van der Waals surface area contributed by atoms with E-state index < -0.39 is 41.2 Å². The number of aromatic nitrogens is 2. The number of hydrogen-bond donors (Lipinski definition) is 1. The van der Waals surface area contributed by atoms with Gasteiger partial charge >= 0.3 is 12.4 Å². The van der Waals surface area contributed by atoms with Crippen molar-refractivity contribution in [2.24, 2.45) is 11.8 Å². The van der Waals surface area contributed by atoms with Gasteiger partial charge in [-0.1, -0.05) is 33.8 Å². The summed E-state index contributed by atoms with van der Waals surface area (Å²) in [4.78, 5) is 27.3. The Balaban J connectivity index is 2.88. The number of carbonyl (C=O) groups excluding carboxylic acids is 2. The zero-order valence-electron chi connectivity index (χ0n) is 21.0. The van der Waals surface area contributed by atoms with Crippen LogP contribution in [0.15, 0.2) is 18.2 Å². The number of methoxy groups -OCH3 is 1. The number of nitrogens with one attached hydrogen (secondary N) is 1. The maximum Gasteiger partial charge on any atom is 0.430 e. The molecule has 1 heterocycles. The lowest BCUT2D eigenvalue weighted by atomic mass is 9.84. The number of imide groups is 1. The van der Waals surface area contributed by atoms with E-state index in [1.54, 1.807) is 20.8 Å². The quantitative estimate of drug-likeness (QED) is 0.452. The number of anilines is 1. The third-order valence-electron chi connectivity index (χ3n) is 5.72. The van der Waals surface area contributed by atoms with Crippen LogP contribution in [0.25, 0.3) is 0 Å². The molecule has 0 aliphatic heterocycles. The number of alkyl halides is 6. The minimum atomic E-state index is -5.85. The lowest BCUT2D eigenvalue weighted by Crippen LogP contribution is -2.56. The van der Waals surface area contributed by atoms with Gasteiger partial charge in [0.2, 0.25) is 5.91 Å².